The number of rotatable bonds is 3. The van der Waals surface area contributed by atoms with E-state index in [1.165, 1.54) is 0 Å². The summed E-state index contributed by atoms with van der Waals surface area (Å²) in [6.45, 7) is 5.23. The van der Waals surface area contributed by atoms with Gasteiger partial charge in [-0.1, -0.05) is 0 Å². The van der Waals surface area contributed by atoms with Gasteiger partial charge in [0.05, 0.1) is 5.41 Å². The fourth-order valence-electron chi connectivity index (χ4n) is 3.08. The van der Waals surface area contributed by atoms with Crippen molar-refractivity contribution >= 4 is 11.8 Å². The van der Waals surface area contributed by atoms with Gasteiger partial charge in [0.25, 0.3) is 0 Å². The van der Waals surface area contributed by atoms with E-state index in [0.717, 1.165) is 38.9 Å². The SMILES string of the molecule is C[C@@]1(C(=O)N2CCC[C@@H](CC(N)=O)C2)CCNC1. The van der Waals surface area contributed by atoms with Gasteiger partial charge in [0.2, 0.25) is 11.8 Å². The summed E-state index contributed by atoms with van der Waals surface area (Å²) < 4.78 is 0. The molecule has 2 rings (SSSR count). The second-order valence-corrected chi connectivity index (χ2v) is 5.92. The van der Waals surface area contributed by atoms with Crippen molar-refractivity contribution in [3.63, 3.8) is 0 Å². The number of carbonyl (C=O) groups is 2. The Morgan fingerprint density at radius 3 is 2.89 bits per heavy atom. The molecule has 2 saturated heterocycles. The molecule has 0 aromatic heterocycles. The molecule has 2 aliphatic heterocycles. The highest BCUT2D eigenvalue weighted by Gasteiger charge is 2.40. The highest BCUT2D eigenvalue weighted by atomic mass is 16.2. The minimum atomic E-state index is -0.261. The van der Waals surface area contributed by atoms with Crippen LogP contribution < -0.4 is 11.1 Å². The number of likely N-dealkylation sites (tertiary alicyclic amines) is 1. The van der Waals surface area contributed by atoms with Crippen LogP contribution in [0.5, 0.6) is 0 Å². The highest BCUT2D eigenvalue weighted by Crippen LogP contribution is 2.30. The minimum absolute atomic E-state index is 0.238. The van der Waals surface area contributed by atoms with E-state index < -0.39 is 0 Å². The average molecular weight is 253 g/mol. The fraction of sp³-hybridized carbons (Fsp3) is 0.846. The Morgan fingerprint density at radius 2 is 2.28 bits per heavy atom. The second-order valence-electron chi connectivity index (χ2n) is 5.92. The number of nitrogens with two attached hydrogens (primary N) is 1. The number of amides is 2. The lowest BCUT2D eigenvalue weighted by Crippen LogP contribution is -2.48. The molecular weight excluding hydrogens is 230 g/mol. The first kappa shape index (κ1) is 13.3. The normalized spacial score (nSPS) is 32.5. The number of nitrogens with zero attached hydrogens (tertiary/aromatic N) is 1. The van der Waals surface area contributed by atoms with Gasteiger partial charge in [0, 0.05) is 26.1 Å². The Bertz CT molecular complexity index is 337. The van der Waals surface area contributed by atoms with Crippen molar-refractivity contribution in [2.45, 2.75) is 32.6 Å². The Morgan fingerprint density at radius 1 is 1.50 bits per heavy atom. The number of carbonyl (C=O) groups excluding carboxylic acids is 2. The van der Waals surface area contributed by atoms with Gasteiger partial charge in [-0.05, 0) is 38.6 Å². The van der Waals surface area contributed by atoms with Crippen LogP contribution in [-0.4, -0.2) is 42.9 Å². The minimum Gasteiger partial charge on any atom is -0.370 e. The lowest BCUT2D eigenvalue weighted by molar-refractivity contribution is -0.142. The lowest BCUT2D eigenvalue weighted by Gasteiger charge is -2.37. The number of piperidine rings is 1. The van der Waals surface area contributed by atoms with E-state index in [1.54, 1.807) is 0 Å². The van der Waals surface area contributed by atoms with Crippen molar-refractivity contribution in [2.24, 2.45) is 17.1 Å². The van der Waals surface area contributed by atoms with Crippen LogP contribution in [0.4, 0.5) is 0 Å². The van der Waals surface area contributed by atoms with E-state index in [4.69, 9.17) is 5.73 Å². The molecule has 0 spiro atoms. The molecule has 0 aliphatic carbocycles. The van der Waals surface area contributed by atoms with Gasteiger partial charge in [0.1, 0.15) is 0 Å². The maximum Gasteiger partial charge on any atom is 0.229 e. The van der Waals surface area contributed by atoms with Crippen LogP contribution in [0, 0.1) is 11.3 Å². The lowest BCUT2D eigenvalue weighted by atomic mass is 9.86. The highest BCUT2D eigenvalue weighted by molar-refractivity contribution is 5.83. The zero-order valence-electron chi connectivity index (χ0n) is 11.1. The molecule has 5 nitrogen and oxygen atoms in total. The maximum absolute atomic E-state index is 12.5. The van der Waals surface area contributed by atoms with Crippen molar-refractivity contribution in [2.75, 3.05) is 26.2 Å². The quantitative estimate of drug-likeness (QED) is 0.749. The van der Waals surface area contributed by atoms with Crippen LogP contribution in [0.3, 0.4) is 0 Å². The predicted molar refractivity (Wildman–Crippen MR) is 68.7 cm³/mol. The van der Waals surface area contributed by atoms with Gasteiger partial charge in [-0.2, -0.15) is 0 Å². The van der Waals surface area contributed by atoms with E-state index in [0.29, 0.717) is 13.0 Å². The molecule has 0 bridgehead atoms. The average Bonchev–Trinajstić information content (AvgIpc) is 2.76. The number of hydrogen-bond acceptors (Lipinski definition) is 3. The molecule has 0 aromatic carbocycles. The zero-order chi connectivity index (χ0) is 13.2. The Hall–Kier alpha value is -1.10. The molecule has 2 aliphatic rings. The van der Waals surface area contributed by atoms with Gasteiger partial charge in [0.15, 0.2) is 0 Å². The molecule has 0 saturated carbocycles. The van der Waals surface area contributed by atoms with Crippen molar-refractivity contribution in [1.82, 2.24) is 10.2 Å². The number of primary amides is 1. The van der Waals surface area contributed by atoms with Gasteiger partial charge in [-0.3, -0.25) is 9.59 Å². The molecule has 0 unspecified atom stereocenters. The van der Waals surface area contributed by atoms with Gasteiger partial charge < -0.3 is 16.0 Å². The molecule has 0 radical (unpaired) electrons. The second kappa shape index (κ2) is 5.26. The molecule has 3 N–H and O–H groups in total. The van der Waals surface area contributed by atoms with Crippen molar-refractivity contribution in [3.05, 3.63) is 0 Å². The van der Waals surface area contributed by atoms with Crippen LogP contribution in [0.1, 0.15) is 32.6 Å². The van der Waals surface area contributed by atoms with Crippen molar-refractivity contribution in [3.8, 4) is 0 Å². The first-order valence-corrected chi connectivity index (χ1v) is 6.80. The third-order valence-electron chi connectivity index (χ3n) is 4.18. The van der Waals surface area contributed by atoms with Crippen LogP contribution in [0.2, 0.25) is 0 Å². The molecule has 5 heteroatoms. The number of hydrogen-bond donors (Lipinski definition) is 2. The van der Waals surface area contributed by atoms with Crippen molar-refractivity contribution < 1.29 is 9.59 Å². The molecule has 2 heterocycles. The summed E-state index contributed by atoms with van der Waals surface area (Å²) >= 11 is 0. The molecule has 2 atom stereocenters. The largest absolute Gasteiger partial charge is 0.370 e. The van der Waals surface area contributed by atoms with Gasteiger partial charge in [-0.15, -0.1) is 0 Å². The Balaban J connectivity index is 1.95. The predicted octanol–water partition coefficient (Wildman–Crippen LogP) is 0.100. The topological polar surface area (TPSA) is 75.4 Å². The summed E-state index contributed by atoms with van der Waals surface area (Å²) in [6.07, 6.45) is 3.29. The van der Waals surface area contributed by atoms with Crippen LogP contribution in [-0.2, 0) is 9.59 Å². The Kier molecular flexibility index (Phi) is 3.90. The molecule has 2 amide bonds. The van der Waals surface area contributed by atoms with Crippen LogP contribution >= 0.6 is 0 Å². The van der Waals surface area contributed by atoms with E-state index in [2.05, 4.69) is 5.32 Å². The molecular formula is C13H23N3O2. The number of nitrogens with one attached hydrogen (secondary N) is 1. The van der Waals surface area contributed by atoms with E-state index in [-0.39, 0.29) is 23.1 Å². The molecule has 0 aromatic rings. The summed E-state index contributed by atoms with van der Waals surface area (Å²) in [6, 6.07) is 0. The van der Waals surface area contributed by atoms with Gasteiger partial charge >= 0.3 is 0 Å². The molecule has 102 valence electrons. The summed E-state index contributed by atoms with van der Waals surface area (Å²) in [5, 5.41) is 3.25. The van der Waals surface area contributed by atoms with E-state index in [9.17, 15) is 9.59 Å². The van der Waals surface area contributed by atoms with Crippen molar-refractivity contribution in [1.29, 1.82) is 0 Å². The zero-order valence-corrected chi connectivity index (χ0v) is 11.1. The summed E-state index contributed by atoms with van der Waals surface area (Å²) in [5.41, 5.74) is 4.99. The fourth-order valence-corrected chi connectivity index (χ4v) is 3.08. The smallest absolute Gasteiger partial charge is 0.229 e. The van der Waals surface area contributed by atoms with E-state index in [1.807, 2.05) is 11.8 Å². The van der Waals surface area contributed by atoms with Gasteiger partial charge in [-0.25, -0.2) is 0 Å². The molecule has 2 fully saturated rings. The van der Waals surface area contributed by atoms with E-state index >= 15 is 0 Å². The first-order chi connectivity index (χ1) is 8.51. The summed E-state index contributed by atoms with van der Waals surface area (Å²) in [5.74, 6) is 0.225. The standard InChI is InChI=1S/C13H23N3O2/c1-13(4-5-15-9-13)12(18)16-6-2-3-10(8-16)7-11(14)17/h10,15H,2-9H2,1H3,(H2,14,17)/t10-,13+/m0/s1. The maximum atomic E-state index is 12.5. The summed E-state index contributed by atoms with van der Waals surface area (Å²) in [4.78, 5) is 25.4. The first-order valence-electron chi connectivity index (χ1n) is 6.80. The third-order valence-corrected chi connectivity index (χ3v) is 4.18. The third kappa shape index (κ3) is 2.83. The Labute approximate surface area is 108 Å². The van der Waals surface area contributed by atoms with Crippen LogP contribution in [0.25, 0.3) is 0 Å². The monoisotopic (exact) mass is 253 g/mol. The summed E-state index contributed by atoms with van der Waals surface area (Å²) in [7, 11) is 0. The molecule has 18 heavy (non-hydrogen) atoms. The van der Waals surface area contributed by atoms with Crippen LogP contribution in [0.15, 0.2) is 0 Å².